The summed E-state index contributed by atoms with van der Waals surface area (Å²) in [4.78, 5) is 11.4. The number of aliphatic hydroxyl groups is 1. The molecule has 1 heterocycles. The van der Waals surface area contributed by atoms with Crippen LogP contribution < -0.4 is 4.74 Å². The molecule has 0 aliphatic carbocycles. The Hall–Kier alpha value is -2.64. The SMILES string of the molecule is CC(=O)c1cccc(OC[C@@H](O)CSc2nnc(-c3ccccc3)o2)c1. The number of rotatable bonds is 8. The van der Waals surface area contributed by atoms with E-state index in [1.807, 2.05) is 30.3 Å². The second kappa shape index (κ2) is 8.64. The minimum Gasteiger partial charge on any atom is -0.491 e. The van der Waals surface area contributed by atoms with Crippen LogP contribution in [-0.2, 0) is 0 Å². The van der Waals surface area contributed by atoms with Crippen molar-refractivity contribution in [3.05, 3.63) is 60.2 Å². The van der Waals surface area contributed by atoms with Crippen LogP contribution in [0.3, 0.4) is 0 Å². The van der Waals surface area contributed by atoms with Gasteiger partial charge in [0.05, 0.1) is 6.10 Å². The van der Waals surface area contributed by atoms with Crippen molar-refractivity contribution in [2.75, 3.05) is 12.4 Å². The zero-order valence-corrected chi connectivity index (χ0v) is 15.0. The minimum atomic E-state index is -0.715. The van der Waals surface area contributed by atoms with E-state index in [9.17, 15) is 9.90 Å². The molecule has 0 unspecified atom stereocenters. The Kier molecular flexibility index (Phi) is 6.04. The van der Waals surface area contributed by atoms with E-state index in [4.69, 9.17) is 9.15 Å². The molecule has 6 nitrogen and oxygen atoms in total. The second-order valence-electron chi connectivity index (χ2n) is 5.60. The van der Waals surface area contributed by atoms with Gasteiger partial charge in [-0.15, -0.1) is 10.2 Å². The number of carbonyl (C=O) groups excluding carboxylic acids is 1. The van der Waals surface area contributed by atoms with Crippen molar-refractivity contribution in [3.63, 3.8) is 0 Å². The molecule has 0 saturated heterocycles. The van der Waals surface area contributed by atoms with Crippen molar-refractivity contribution in [2.24, 2.45) is 0 Å². The molecule has 26 heavy (non-hydrogen) atoms. The summed E-state index contributed by atoms with van der Waals surface area (Å²) < 4.78 is 11.1. The number of thioether (sulfide) groups is 1. The Morgan fingerprint density at radius 3 is 2.77 bits per heavy atom. The third kappa shape index (κ3) is 4.93. The van der Waals surface area contributed by atoms with Crippen LogP contribution >= 0.6 is 11.8 Å². The molecule has 2 aromatic carbocycles. The summed E-state index contributed by atoms with van der Waals surface area (Å²) in [6.45, 7) is 1.60. The molecule has 0 bridgehead atoms. The van der Waals surface area contributed by atoms with Crippen LogP contribution in [0.4, 0.5) is 0 Å². The topological polar surface area (TPSA) is 85.5 Å². The van der Waals surface area contributed by atoms with E-state index in [2.05, 4.69) is 10.2 Å². The van der Waals surface area contributed by atoms with Crippen LogP contribution in [0.25, 0.3) is 11.5 Å². The fourth-order valence-corrected chi connectivity index (χ4v) is 2.85. The van der Waals surface area contributed by atoms with Gasteiger partial charge in [-0.3, -0.25) is 4.79 Å². The fourth-order valence-electron chi connectivity index (χ4n) is 2.18. The van der Waals surface area contributed by atoms with Crippen LogP contribution in [0.1, 0.15) is 17.3 Å². The molecule has 0 aliphatic heterocycles. The first-order chi connectivity index (χ1) is 12.6. The maximum atomic E-state index is 11.4. The lowest BCUT2D eigenvalue weighted by molar-refractivity contribution is 0.101. The van der Waals surface area contributed by atoms with Gasteiger partial charge in [0, 0.05) is 16.9 Å². The zero-order chi connectivity index (χ0) is 18.4. The van der Waals surface area contributed by atoms with Gasteiger partial charge in [0.15, 0.2) is 5.78 Å². The fraction of sp³-hybridized carbons (Fsp3) is 0.211. The number of aliphatic hydroxyl groups excluding tert-OH is 1. The molecule has 0 radical (unpaired) electrons. The van der Waals surface area contributed by atoms with Crippen molar-refractivity contribution >= 4 is 17.5 Å². The molecule has 0 amide bonds. The number of Topliss-reactive ketones (excluding diaryl/α,β-unsaturated/α-hetero) is 1. The summed E-state index contributed by atoms with van der Waals surface area (Å²) in [6.07, 6.45) is -0.715. The molecule has 3 rings (SSSR count). The third-order valence-corrected chi connectivity index (χ3v) is 4.47. The van der Waals surface area contributed by atoms with Gasteiger partial charge in [-0.2, -0.15) is 0 Å². The maximum absolute atomic E-state index is 11.4. The van der Waals surface area contributed by atoms with Gasteiger partial charge in [0.2, 0.25) is 5.89 Å². The van der Waals surface area contributed by atoms with Crippen LogP contribution in [0.2, 0.25) is 0 Å². The summed E-state index contributed by atoms with van der Waals surface area (Å²) in [6, 6.07) is 16.4. The number of nitrogens with zero attached hydrogens (tertiary/aromatic N) is 2. The van der Waals surface area contributed by atoms with Gasteiger partial charge in [-0.25, -0.2) is 0 Å². The average molecular weight is 370 g/mol. The molecule has 1 N–H and O–H groups in total. The van der Waals surface area contributed by atoms with Crippen LogP contribution in [0, 0.1) is 0 Å². The Morgan fingerprint density at radius 2 is 2.00 bits per heavy atom. The van der Waals surface area contributed by atoms with E-state index in [0.717, 1.165) is 5.56 Å². The predicted molar refractivity (Wildman–Crippen MR) is 98.4 cm³/mol. The van der Waals surface area contributed by atoms with Crippen molar-refractivity contribution in [3.8, 4) is 17.2 Å². The highest BCUT2D eigenvalue weighted by molar-refractivity contribution is 7.99. The number of hydrogen-bond acceptors (Lipinski definition) is 7. The number of aromatic nitrogens is 2. The van der Waals surface area contributed by atoms with E-state index >= 15 is 0 Å². The largest absolute Gasteiger partial charge is 0.491 e. The molecule has 1 atom stereocenters. The van der Waals surface area contributed by atoms with Gasteiger partial charge in [-0.1, -0.05) is 42.1 Å². The first-order valence-electron chi connectivity index (χ1n) is 8.05. The molecule has 0 aliphatic rings. The molecule has 3 aromatic rings. The lowest BCUT2D eigenvalue weighted by Gasteiger charge is -2.11. The molecule has 134 valence electrons. The summed E-state index contributed by atoms with van der Waals surface area (Å²) in [5.41, 5.74) is 1.42. The highest BCUT2D eigenvalue weighted by Crippen LogP contribution is 2.23. The quantitative estimate of drug-likeness (QED) is 0.480. The summed E-state index contributed by atoms with van der Waals surface area (Å²) in [7, 11) is 0. The van der Waals surface area contributed by atoms with Crippen LogP contribution in [-0.4, -0.2) is 39.6 Å². The average Bonchev–Trinajstić information content (AvgIpc) is 3.15. The van der Waals surface area contributed by atoms with Crippen molar-refractivity contribution in [2.45, 2.75) is 18.3 Å². The zero-order valence-electron chi connectivity index (χ0n) is 14.2. The Bertz CT molecular complexity index is 867. The third-order valence-electron chi connectivity index (χ3n) is 3.51. The lowest BCUT2D eigenvalue weighted by atomic mass is 10.1. The predicted octanol–water partition coefficient (Wildman–Crippen LogP) is 3.47. The van der Waals surface area contributed by atoms with E-state index in [0.29, 0.717) is 28.2 Å². The molecule has 0 saturated carbocycles. The Balaban J connectivity index is 1.49. The monoisotopic (exact) mass is 370 g/mol. The Labute approximate surface area is 155 Å². The molecule has 0 spiro atoms. The smallest absolute Gasteiger partial charge is 0.276 e. The summed E-state index contributed by atoms with van der Waals surface area (Å²) >= 11 is 1.26. The lowest BCUT2D eigenvalue weighted by Crippen LogP contribution is -2.20. The molecule has 0 fully saturated rings. The van der Waals surface area contributed by atoms with Crippen LogP contribution in [0.15, 0.2) is 64.2 Å². The maximum Gasteiger partial charge on any atom is 0.276 e. The van der Waals surface area contributed by atoms with E-state index in [1.165, 1.54) is 18.7 Å². The van der Waals surface area contributed by atoms with Crippen LogP contribution in [0.5, 0.6) is 5.75 Å². The van der Waals surface area contributed by atoms with Gasteiger partial charge >= 0.3 is 0 Å². The Morgan fingerprint density at radius 1 is 1.19 bits per heavy atom. The van der Waals surface area contributed by atoms with E-state index in [1.54, 1.807) is 24.3 Å². The second-order valence-corrected chi connectivity index (χ2v) is 6.57. The van der Waals surface area contributed by atoms with Crippen molar-refractivity contribution in [1.29, 1.82) is 0 Å². The van der Waals surface area contributed by atoms with E-state index in [-0.39, 0.29) is 12.4 Å². The number of ether oxygens (including phenoxy) is 1. The molecule has 1 aromatic heterocycles. The normalized spacial score (nSPS) is 11.9. The molecule has 7 heteroatoms. The number of hydrogen-bond donors (Lipinski definition) is 1. The summed E-state index contributed by atoms with van der Waals surface area (Å²) in [5, 5.41) is 18.4. The highest BCUT2D eigenvalue weighted by atomic mass is 32.2. The van der Waals surface area contributed by atoms with Gasteiger partial charge < -0.3 is 14.3 Å². The number of carbonyl (C=O) groups is 1. The first kappa shape index (κ1) is 18.2. The van der Waals surface area contributed by atoms with Gasteiger partial charge in [0.1, 0.15) is 12.4 Å². The molecular formula is C19H18N2O4S. The van der Waals surface area contributed by atoms with Gasteiger partial charge in [-0.05, 0) is 31.2 Å². The van der Waals surface area contributed by atoms with E-state index < -0.39 is 6.10 Å². The highest BCUT2D eigenvalue weighted by Gasteiger charge is 2.12. The standard InChI is InChI=1S/C19H18N2O4S/c1-13(22)15-8-5-9-17(10-15)24-11-16(23)12-26-19-21-20-18(25-19)14-6-3-2-4-7-14/h2-10,16,23H,11-12H2,1H3/t16-/m1/s1. The number of benzene rings is 2. The first-order valence-corrected chi connectivity index (χ1v) is 9.04. The summed E-state index contributed by atoms with van der Waals surface area (Å²) in [5.74, 6) is 1.31. The van der Waals surface area contributed by atoms with Crippen molar-refractivity contribution < 1.29 is 19.1 Å². The van der Waals surface area contributed by atoms with Crippen molar-refractivity contribution in [1.82, 2.24) is 10.2 Å². The van der Waals surface area contributed by atoms with Gasteiger partial charge in [0.25, 0.3) is 5.22 Å². The molecular weight excluding hydrogens is 352 g/mol. The number of ketones is 1. The minimum absolute atomic E-state index is 0.0304.